The lowest BCUT2D eigenvalue weighted by molar-refractivity contribution is 0.148. The molecule has 0 spiro atoms. The van der Waals surface area contributed by atoms with Gasteiger partial charge in [-0.25, -0.2) is 8.42 Å². The molecule has 1 aromatic rings. The molecule has 0 bridgehead atoms. The summed E-state index contributed by atoms with van der Waals surface area (Å²) < 4.78 is 32.4. The fourth-order valence-corrected chi connectivity index (χ4v) is 5.29. The molecule has 0 unspecified atom stereocenters. The summed E-state index contributed by atoms with van der Waals surface area (Å²) in [6.07, 6.45) is 0.754. The number of hydrogen-bond acceptors (Lipinski definition) is 5. The van der Waals surface area contributed by atoms with E-state index in [4.69, 9.17) is 4.74 Å². The maximum Gasteiger partial charge on any atom is 0.244 e. The molecule has 1 aromatic heterocycles. The first-order chi connectivity index (χ1) is 9.91. The van der Waals surface area contributed by atoms with Gasteiger partial charge in [-0.3, -0.25) is 0 Å². The number of rotatable bonds is 5. The first-order valence-corrected chi connectivity index (χ1v) is 9.57. The lowest BCUT2D eigenvalue weighted by Gasteiger charge is -2.18. The van der Waals surface area contributed by atoms with E-state index in [0.717, 1.165) is 16.2 Å². The second-order valence-corrected chi connectivity index (χ2v) is 8.79. The van der Waals surface area contributed by atoms with Crippen LogP contribution in [0.3, 0.4) is 0 Å². The van der Waals surface area contributed by atoms with Crippen molar-refractivity contribution in [2.45, 2.75) is 44.7 Å². The van der Waals surface area contributed by atoms with E-state index in [2.05, 4.69) is 19.2 Å². The highest BCUT2D eigenvalue weighted by Crippen LogP contribution is 2.28. The molecule has 21 heavy (non-hydrogen) atoms. The topological polar surface area (TPSA) is 58.6 Å². The second-order valence-electron chi connectivity index (χ2n) is 5.54. The van der Waals surface area contributed by atoms with Gasteiger partial charge in [-0.15, -0.1) is 11.3 Å². The Morgan fingerprint density at radius 1 is 1.38 bits per heavy atom. The standard InChI is InChI=1S/C14H24N2O3S2/c1-11(2)15-10-13-9-14(12(3)20-13)21(17,18)16-5-4-7-19-8-6-16/h9,11,15H,4-8,10H2,1-3H3. The van der Waals surface area contributed by atoms with Crippen molar-refractivity contribution >= 4 is 21.4 Å². The van der Waals surface area contributed by atoms with Crippen molar-refractivity contribution in [3.63, 3.8) is 0 Å². The summed E-state index contributed by atoms with van der Waals surface area (Å²) >= 11 is 1.55. The third-order valence-corrected chi connectivity index (χ3v) is 6.61. The number of aryl methyl sites for hydroxylation is 1. The van der Waals surface area contributed by atoms with Crippen LogP contribution in [0.1, 0.15) is 30.0 Å². The Balaban J connectivity index is 2.19. The molecule has 120 valence electrons. The first-order valence-electron chi connectivity index (χ1n) is 7.32. The number of hydrogen-bond donors (Lipinski definition) is 1. The van der Waals surface area contributed by atoms with Crippen LogP contribution in [0.4, 0.5) is 0 Å². The minimum absolute atomic E-state index is 0.384. The van der Waals surface area contributed by atoms with Gasteiger partial charge in [0.05, 0.1) is 11.5 Å². The van der Waals surface area contributed by atoms with Gasteiger partial charge >= 0.3 is 0 Å². The zero-order valence-electron chi connectivity index (χ0n) is 12.9. The van der Waals surface area contributed by atoms with Crippen molar-refractivity contribution in [2.75, 3.05) is 26.3 Å². The Morgan fingerprint density at radius 3 is 2.86 bits per heavy atom. The van der Waals surface area contributed by atoms with E-state index >= 15 is 0 Å². The molecule has 1 N–H and O–H groups in total. The smallest absolute Gasteiger partial charge is 0.244 e. The van der Waals surface area contributed by atoms with E-state index < -0.39 is 10.0 Å². The zero-order chi connectivity index (χ0) is 15.5. The zero-order valence-corrected chi connectivity index (χ0v) is 14.5. The van der Waals surface area contributed by atoms with Crippen molar-refractivity contribution in [2.24, 2.45) is 0 Å². The fraction of sp³-hybridized carbons (Fsp3) is 0.714. The Kier molecular flexibility index (Phi) is 5.79. The highest BCUT2D eigenvalue weighted by atomic mass is 32.2. The van der Waals surface area contributed by atoms with E-state index in [1.54, 1.807) is 15.6 Å². The number of sulfonamides is 1. The van der Waals surface area contributed by atoms with Gasteiger partial charge in [0.15, 0.2) is 0 Å². The molecule has 0 radical (unpaired) electrons. The lowest BCUT2D eigenvalue weighted by Crippen LogP contribution is -2.33. The fourth-order valence-electron chi connectivity index (χ4n) is 2.27. The van der Waals surface area contributed by atoms with Gasteiger partial charge in [0, 0.05) is 42.0 Å². The van der Waals surface area contributed by atoms with Crippen LogP contribution < -0.4 is 5.32 Å². The summed E-state index contributed by atoms with van der Waals surface area (Å²) in [6, 6.07) is 2.20. The first kappa shape index (κ1) is 16.9. The van der Waals surface area contributed by atoms with E-state index in [9.17, 15) is 8.42 Å². The predicted molar refractivity (Wildman–Crippen MR) is 85.2 cm³/mol. The molecule has 1 fully saturated rings. The van der Waals surface area contributed by atoms with E-state index in [0.29, 0.717) is 43.8 Å². The third kappa shape index (κ3) is 4.26. The minimum atomic E-state index is -3.40. The average Bonchev–Trinajstić information content (AvgIpc) is 2.64. The highest BCUT2D eigenvalue weighted by molar-refractivity contribution is 7.89. The largest absolute Gasteiger partial charge is 0.380 e. The van der Waals surface area contributed by atoms with Crippen molar-refractivity contribution in [3.8, 4) is 0 Å². The molecule has 7 heteroatoms. The Hall–Kier alpha value is -0.470. The summed E-state index contributed by atoms with van der Waals surface area (Å²) in [5, 5.41) is 3.33. The lowest BCUT2D eigenvalue weighted by atomic mass is 10.3. The maximum absolute atomic E-state index is 12.8. The molecule has 0 amide bonds. The van der Waals surface area contributed by atoms with Crippen LogP contribution in [0.5, 0.6) is 0 Å². The van der Waals surface area contributed by atoms with Crippen LogP contribution in [-0.2, 0) is 21.3 Å². The molecular weight excluding hydrogens is 308 g/mol. The van der Waals surface area contributed by atoms with E-state index in [-0.39, 0.29) is 0 Å². The quantitative estimate of drug-likeness (QED) is 0.895. The monoisotopic (exact) mass is 332 g/mol. The van der Waals surface area contributed by atoms with Gasteiger partial charge in [-0.1, -0.05) is 13.8 Å². The van der Waals surface area contributed by atoms with Gasteiger partial charge in [-0.2, -0.15) is 4.31 Å². The number of nitrogens with one attached hydrogen (secondary N) is 1. The van der Waals surface area contributed by atoms with Gasteiger partial charge < -0.3 is 10.1 Å². The molecule has 0 aromatic carbocycles. The van der Waals surface area contributed by atoms with Crippen LogP contribution >= 0.6 is 11.3 Å². The SMILES string of the molecule is Cc1sc(CNC(C)C)cc1S(=O)(=O)N1CCCOCC1. The molecule has 0 aliphatic carbocycles. The number of ether oxygens (including phenoxy) is 1. The molecular formula is C14H24N2O3S2. The Labute approximate surface area is 131 Å². The summed E-state index contributed by atoms with van der Waals surface area (Å²) in [6.45, 7) is 8.84. The van der Waals surface area contributed by atoms with Crippen LogP contribution in [0.2, 0.25) is 0 Å². The van der Waals surface area contributed by atoms with Gasteiger partial charge in [0.2, 0.25) is 10.0 Å². The predicted octanol–water partition coefficient (Wildman–Crippen LogP) is 1.97. The molecule has 1 aliphatic rings. The molecule has 2 rings (SSSR count). The van der Waals surface area contributed by atoms with E-state index in [1.807, 2.05) is 13.0 Å². The molecule has 0 atom stereocenters. The third-order valence-electron chi connectivity index (χ3n) is 3.41. The van der Waals surface area contributed by atoms with Gasteiger partial charge in [-0.05, 0) is 19.4 Å². The highest BCUT2D eigenvalue weighted by Gasteiger charge is 2.28. The van der Waals surface area contributed by atoms with Crippen molar-refractivity contribution < 1.29 is 13.2 Å². The molecule has 1 saturated heterocycles. The summed E-state index contributed by atoms with van der Waals surface area (Å²) in [4.78, 5) is 2.38. The normalized spacial score (nSPS) is 18.1. The van der Waals surface area contributed by atoms with Gasteiger partial charge in [0.1, 0.15) is 0 Å². The van der Waals surface area contributed by atoms with Crippen LogP contribution in [0, 0.1) is 6.92 Å². The number of nitrogens with zero attached hydrogens (tertiary/aromatic N) is 1. The minimum Gasteiger partial charge on any atom is -0.380 e. The second kappa shape index (κ2) is 7.19. The Morgan fingerprint density at radius 2 is 2.14 bits per heavy atom. The van der Waals surface area contributed by atoms with Crippen molar-refractivity contribution in [1.82, 2.24) is 9.62 Å². The number of thiophene rings is 1. The van der Waals surface area contributed by atoms with Crippen molar-refractivity contribution in [1.29, 1.82) is 0 Å². The maximum atomic E-state index is 12.8. The van der Waals surface area contributed by atoms with Crippen LogP contribution in [-0.4, -0.2) is 45.1 Å². The van der Waals surface area contributed by atoms with Crippen molar-refractivity contribution in [3.05, 3.63) is 15.8 Å². The van der Waals surface area contributed by atoms with Crippen LogP contribution in [0.25, 0.3) is 0 Å². The average molecular weight is 332 g/mol. The summed E-state index contributed by atoms with van der Waals surface area (Å²) in [7, 11) is -3.40. The summed E-state index contributed by atoms with van der Waals surface area (Å²) in [5.41, 5.74) is 0. The molecule has 1 aliphatic heterocycles. The van der Waals surface area contributed by atoms with E-state index in [1.165, 1.54) is 0 Å². The molecule has 0 saturated carbocycles. The molecule has 5 nitrogen and oxygen atoms in total. The Bertz CT molecular complexity index is 559. The van der Waals surface area contributed by atoms with Crippen LogP contribution in [0.15, 0.2) is 11.0 Å². The summed E-state index contributed by atoms with van der Waals surface area (Å²) in [5.74, 6) is 0. The van der Waals surface area contributed by atoms with Gasteiger partial charge in [0.25, 0.3) is 0 Å². The molecule has 2 heterocycles.